The number of carbonyl (C=O) groups excluding carboxylic acids is 1. The van der Waals surface area contributed by atoms with Gasteiger partial charge in [-0.15, -0.1) is 12.4 Å². The lowest BCUT2D eigenvalue weighted by atomic mass is 9.79. The first-order chi connectivity index (χ1) is 9.60. The third-order valence-corrected chi connectivity index (χ3v) is 4.44. The van der Waals surface area contributed by atoms with Gasteiger partial charge in [0, 0.05) is 18.2 Å². The molecule has 3 nitrogen and oxygen atoms in total. The molecular weight excluding hydrogens is 284 g/mol. The molecule has 118 valence electrons. The SMILES string of the molecule is CC(C)C1CCCC(NC(=O)c2ccc(CN)cc2)C1.Cl. The minimum atomic E-state index is 0. The molecule has 0 radical (unpaired) electrons. The van der Waals surface area contributed by atoms with E-state index in [1.165, 1.54) is 12.8 Å². The molecule has 3 N–H and O–H groups in total. The van der Waals surface area contributed by atoms with Gasteiger partial charge < -0.3 is 11.1 Å². The second-order valence-corrected chi connectivity index (χ2v) is 6.24. The third-order valence-electron chi connectivity index (χ3n) is 4.44. The van der Waals surface area contributed by atoms with Gasteiger partial charge in [-0.05, 0) is 42.4 Å². The number of carbonyl (C=O) groups is 1. The zero-order chi connectivity index (χ0) is 14.5. The van der Waals surface area contributed by atoms with Crippen molar-refractivity contribution < 1.29 is 4.79 Å². The summed E-state index contributed by atoms with van der Waals surface area (Å²) in [6, 6.07) is 7.90. The summed E-state index contributed by atoms with van der Waals surface area (Å²) in [5, 5.41) is 3.19. The lowest BCUT2D eigenvalue weighted by Gasteiger charge is -2.32. The highest BCUT2D eigenvalue weighted by atomic mass is 35.5. The first kappa shape index (κ1) is 18.0. The summed E-state index contributed by atoms with van der Waals surface area (Å²) in [7, 11) is 0. The smallest absolute Gasteiger partial charge is 0.251 e. The lowest BCUT2D eigenvalue weighted by molar-refractivity contribution is 0.0913. The van der Waals surface area contributed by atoms with E-state index in [9.17, 15) is 4.79 Å². The predicted molar refractivity (Wildman–Crippen MR) is 89.6 cm³/mol. The van der Waals surface area contributed by atoms with Crippen molar-refractivity contribution in [3.63, 3.8) is 0 Å². The summed E-state index contributed by atoms with van der Waals surface area (Å²) in [5.41, 5.74) is 7.35. The third kappa shape index (κ3) is 5.01. The fraction of sp³-hybridized carbons (Fsp3) is 0.588. The van der Waals surface area contributed by atoms with Crippen molar-refractivity contribution in [1.29, 1.82) is 0 Å². The van der Waals surface area contributed by atoms with Crippen molar-refractivity contribution >= 4 is 18.3 Å². The summed E-state index contributed by atoms with van der Waals surface area (Å²) in [6.45, 7) is 5.07. The van der Waals surface area contributed by atoms with Crippen LogP contribution in [0.5, 0.6) is 0 Å². The summed E-state index contributed by atoms with van der Waals surface area (Å²) >= 11 is 0. The minimum Gasteiger partial charge on any atom is -0.349 e. The number of hydrogen-bond donors (Lipinski definition) is 2. The maximum absolute atomic E-state index is 12.2. The van der Waals surface area contributed by atoms with Crippen LogP contribution in [0.4, 0.5) is 0 Å². The van der Waals surface area contributed by atoms with Crippen LogP contribution in [0.2, 0.25) is 0 Å². The Hall–Kier alpha value is -1.06. The molecule has 2 rings (SSSR count). The van der Waals surface area contributed by atoms with E-state index in [2.05, 4.69) is 19.2 Å². The van der Waals surface area contributed by atoms with E-state index >= 15 is 0 Å². The van der Waals surface area contributed by atoms with Gasteiger partial charge in [0.2, 0.25) is 0 Å². The molecule has 4 heteroatoms. The number of nitrogens with one attached hydrogen (secondary N) is 1. The predicted octanol–water partition coefficient (Wildman–Crippen LogP) is 3.51. The van der Waals surface area contributed by atoms with Crippen molar-refractivity contribution in [3.05, 3.63) is 35.4 Å². The van der Waals surface area contributed by atoms with Crippen molar-refractivity contribution in [1.82, 2.24) is 5.32 Å². The fourth-order valence-corrected chi connectivity index (χ4v) is 3.03. The molecule has 1 aliphatic carbocycles. The van der Waals surface area contributed by atoms with Crippen LogP contribution in [0, 0.1) is 11.8 Å². The fourth-order valence-electron chi connectivity index (χ4n) is 3.03. The van der Waals surface area contributed by atoms with E-state index in [0.29, 0.717) is 18.5 Å². The van der Waals surface area contributed by atoms with Crippen LogP contribution in [-0.2, 0) is 6.54 Å². The highest BCUT2D eigenvalue weighted by Gasteiger charge is 2.25. The number of halogens is 1. The molecule has 0 spiro atoms. The van der Waals surface area contributed by atoms with E-state index in [-0.39, 0.29) is 18.3 Å². The maximum Gasteiger partial charge on any atom is 0.251 e. The number of hydrogen-bond acceptors (Lipinski definition) is 2. The molecule has 21 heavy (non-hydrogen) atoms. The molecule has 1 aliphatic rings. The molecule has 1 fully saturated rings. The largest absolute Gasteiger partial charge is 0.349 e. The summed E-state index contributed by atoms with van der Waals surface area (Å²) in [6.07, 6.45) is 4.75. The Morgan fingerprint density at radius 1 is 1.29 bits per heavy atom. The summed E-state index contributed by atoms with van der Waals surface area (Å²) in [4.78, 5) is 12.2. The van der Waals surface area contributed by atoms with Crippen molar-refractivity contribution in [2.24, 2.45) is 17.6 Å². The Bertz CT molecular complexity index is 445. The monoisotopic (exact) mass is 310 g/mol. The zero-order valence-corrected chi connectivity index (χ0v) is 13.8. The van der Waals surface area contributed by atoms with E-state index in [4.69, 9.17) is 5.73 Å². The molecule has 0 aliphatic heterocycles. The standard InChI is InChI=1S/C17H26N2O.ClH/c1-12(2)15-4-3-5-16(10-15)19-17(20)14-8-6-13(11-18)7-9-14;/h6-9,12,15-16H,3-5,10-11,18H2,1-2H3,(H,19,20);1H. The van der Waals surface area contributed by atoms with Crippen LogP contribution >= 0.6 is 12.4 Å². The van der Waals surface area contributed by atoms with Crippen LogP contribution in [-0.4, -0.2) is 11.9 Å². The molecule has 1 amide bonds. The van der Waals surface area contributed by atoms with Gasteiger partial charge in [0.1, 0.15) is 0 Å². The molecule has 0 heterocycles. The topological polar surface area (TPSA) is 55.1 Å². The molecular formula is C17H27ClN2O. The Balaban J connectivity index is 0.00000220. The van der Waals surface area contributed by atoms with Gasteiger partial charge in [0.05, 0.1) is 0 Å². The Morgan fingerprint density at radius 2 is 1.95 bits per heavy atom. The van der Waals surface area contributed by atoms with Crippen molar-refractivity contribution in [2.75, 3.05) is 0 Å². The lowest BCUT2D eigenvalue weighted by Crippen LogP contribution is -2.39. The van der Waals surface area contributed by atoms with Gasteiger partial charge in [0.25, 0.3) is 5.91 Å². The molecule has 1 saturated carbocycles. The van der Waals surface area contributed by atoms with Crippen LogP contribution in [0.25, 0.3) is 0 Å². The van der Waals surface area contributed by atoms with E-state index in [1.54, 1.807) is 0 Å². The second kappa shape index (κ2) is 8.40. The number of rotatable bonds is 4. The summed E-state index contributed by atoms with van der Waals surface area (Å²) in [5.74, 6) is 1.50. The van der Waals surface area contributed by atoms with Crippen LogP contribution < -0.4 is 11.1 Å². The average Bonchev–Trinajstić information content (AvgIpc) is 2.47. The summed E-state index contributed by atoms with van der Waals surface area (Å²) < 4.78 is 0. The number of benzene rings is 1. The van der Waals surface area contributed by atoms with Gasteiger partial charge in [-0.1, -0.05) is 38.8 Å². The van der Waals surface area contributed by atoms with Gasteiger partial charge in [0.15, 0.2) is 0 Å². The minimum absolute atomic E-state index is 0. The molecule has 1 aromatic rings. The quantitative estimate of drug-likeness (QED) is 0.894. The first-order valence-electron chi connectivity index (χ1n) is 7.70. The zero-order valence-electron chi connectivity index (χ0n) is 13.0. The Labute approximate surface area is 134 Å². The van der Waals surface area contributed by atoms with Gasteiger partial charge >= 0.3 is 0 Å². The highest BCUT2D eigenvalue weighted by molar-refractivity contribution is 5.94. The van der Waals surface area contributed by atoms with Crippen LogP contribution in [0.3, 0.4) is 0 Å². The van der Waals surface area contributed by atoms with Crippen molar-refractivity contribution in [3.8, 4) is 0 Å². The Kier molecular flexibility index (Phi) is 7.20. The van der Waals surface area contributed by atoms with Crippen molar-refractivity contribution in [2.45, 2.75) is 52.1 Å². The highest BCUT2D eigenvalue weighted by Crippen LogP contribution is 2.30. The van der Waals surface area contributed by atoms with E-state index < -0.39 is 0 Å². The Morgan fingerprint density at radius 3 is 2.52 bits per heavy atom. The second-order valence-electron chi connectivity index (χ2n) is 6.24. The number of amides is 1. The first-order valence-corrected chi connectivity index (χ1v) is 7.70. The average molecular weight is 311 g/mol. The maximum atomic E-state index is 12.2. The number of nitrogens with two attached hydrogens (primary N) is 1. The molecule has 0 aromatic heterocycles. The molecule has 0 saturated heterocycles. The van der Waals surface area contributed by atoms with E-state index in [0.717, 1.165) is 29.9 Å². The molecule has 0 bridgehead atoms. The van der Waals surface area contributed by atoms with E-state index in [1.807, 2.05) is 24.3 Å². The van der Waals surface area contributed by atoms with Crippen LogP contribution in [0.15, 0.2) is 24.3 Å². The molecule has 2 unspecified atom stereocenters. The van der Waals surface area contributed by atoms with Gasteiger partial charge in [-0.3, -0.25) is 4.79 Å². The van der Waals surface area contributed by atoms with Gasteiger partial charge in [-0.2, -0.15) is 0 Å². The normalized spacial score (nSPS) is 21.7. The molecule has 1 aromatic carbocycles. The van der Waals surface area contributed by atoms with Crippen LogP contribution in [0.1, 0.15) is 55.5 Å². The molecule has 2 atom stereocenters. The van der Waals surface area contributed by atoms with Gasteiger partial charge in [-0.25, -0.2) is 0 Å².